The normalized spacial score (nSPS) is 20.2. The summed E-state index contributed by atoms with van der Waals surface area (Å²) in [5, 5.41) is 3.11. The van der Waals surface area contributed by atoms with Crippen LogP contribution in [-0.2, 0) is 0 Å². The van der Waals surface area contributed by atoms with E-state index in [1.54, 1.807) is 20.3 Å². The summed E-state index contributed by atoms with van der Waals surface area (Å²) >= 11 is 0. The summed E-state index contributed by atoms with van der Waals surface area (Å²) in [6.07, 6.45) is 3.21. The average Bonchev–Trinajstić information content (AvgIpc) is 2.93. The highest BCUT2D eigenvalue weighted by Crippen LogP contribution is 2.31. The van der Waals surface area contributed by atoms with Crippen LogP contribution in [0.5, 0.6) is 11.5 Å². The first-order chi connectivity index (χ1) is 10.1. The molecule has 1 aliphatic rings. The van der Waals surface area contributed by atoms with E-state index in [0.29, 0.717) is 29.5 Å². The maximum absolute atomic E-state index is 12.5. The molecule has 3 N–H and O–H groups in total. The molecule has 2 atom stereocenters. The Bertz CT molecular complexity index is 522. The second-order valence-corrected chi connectivity index (χ2v) is 5.53. The smallest absolute Gasteiger partial charge is 0.251 e. The van der Waals surface area contributed by atoms with Crippen molar-refractivity contribution in [1.82, 2.24) is 5.32 Å². The Kier molecular flexibility index (Phi) is 6.97. The van der Waals surface area contributed by atoms with Gasteiger partial charge in [0.25, 0.3) is 5.91 Å². The van der Waals surface area contributed by atoms with Crippen molar-refractivity contribution in [2.75, 3.05) is 20.8 Å². The number of halogens is 1. The zero-order valence-corrected chi connectivity index (χ0v) is 14.2. The summed E-state index contributed by atoms with van der Waals surface area (Å²) in [5.41, 5.74) is 7.25. The molecule has 0 spiro atoms. The zero-order valence-electron chi connectivity index (χ0n) is 13.3. The van der Waals surface area contributed by atoms with E-state index < -0.39 is 0 Å². The van der Waals surface area contributed by atoms with Crippen LogP contribution in [0.3, 0.4) is 0 Å². The van der Waals surface area contributed by atoms with E-state index in [4.69, 9.17) is 15.2 Å². The molecule has 0 saturated heterocycles. The largest absolute Gasteiger partial charge is 0.493 e. The van der Waals surface area contributed by atoms with Gasteiger partial charge >= 0.3 is 0 Å². The lowest BCUT2D eigenvalue weighted by molar-refractivity contribution is 0.0927. The lowest BCUT2D eigenvalue weighted by Crippen LogP contribution is -2.40. The van der Waals surface area contributed by atoms with Gasteiger partial charge in [0.05, 0.1) is 14.2 Å². The number of methoxy groups -OCH3 is 2. The van der Waals surface area contributed by atoms with Crippen LogP contribution >= 0.6 is 12.4 Å². The van der Waals surface area contributed by atoms with Crippen molar-refractivity contribution in [1.29, 1.82) is 0 Å². The molecule has 1 aliphatic carbocycles. The maximum atomic E-state index is 12.5. The van der Waals surface area contributed by atoms with Gasteiger partial charge in [0.2, 0.25) is 0 Å². The minimum atomic E-state index is -0.0706. The van der Waals surface area contributed by atoms with Crippen molar-refractivity contribution >= 4 is 18.3 Å². The fraction of sp³-hybridized carbons (Fsp3) is 0.562. The number of rotatable bonds is 5. The number of nitrogens with one attached hydrogen (secondary N) is 1. The van der Waals surface area contributed by atoms with Gasteiger partial charge in [-0.15, -0.1) is 12.4 Å². The fourth-order valence-electron chi connectivity index (χ4n) is 2.98. The predicted molar refractivity (Wildman–Crippen MR) is 89.2 cm³/mol. The van der Waals surface area contributed by atoms with Gasteiger partial charge in [-0.2, -0.15) is 0 Å². The molecule has 0 aromatic heterocycles. The molecule has 1 amide bonds. The Morgan fingerprint density at radius 2 is 1.91 bits per heavy atom. The molecule has 1 fully saturated rings. The minimum Gasteiger partial charge on any atom is -0.493 e. The third-order valence-electron chi connectivity index (χ3n) is 4.25. The highest BCUT2D eigenvalue weighted by molar-refractivity contribution is 5.96. The summed E-state index contributed by atoms with van der Waals surface area (Å²) in [7, 11) is 3.15. The Hall–Kier alpha value is -1.46. The molecule has 1 aromatic carbocycles. The Balaban J connectivity index is 0.00000242. The highest BCUT2D eigenvalue weighted by Gasteiger charge is 2.28. The second-order valence-electron chi connectivity index (χ2n) is 5.53. The number of carbonyl (C=O) groups excluding carboxylic acids is 1. The summed E-state index contributed by atoms with van der Waals surface area (Å²) in [6, 6.07) is 3.73. The monoisotopic (exact) mass is 328 g/mol. The number of aryl methyl sites for hydroxylation is 1. The van der Waals surface area contributed by atoms with Crippen LogP contribution in [0.1, 0.15) is 35.2 Å². The summed E-state index contributed by atoms with van der Waals surface area (Å²) in [6.45, 7) is 2.52. The molecule has 5 nitrogen and oxygen atoms in total. The van der Waals surface area contributed by atoms with Gasteiger partial charge < -0.3 is 20.5 Å². The van der Waals surface area contributed by atoms with Gasteiger partial charge in [-0.1, -0.05) is 6.42 Å². The van der Waals surface area contributed by atoms with E-state index in [-0.39, 0.29) is 24.4 Å². The number of carbonyl (C=O) groups is 1. The first-order valence-electron chi connectivity index (χ1n) is 7.34. The van der Waals surface area contributed by atoms with Crippen molar-refractivity contribution in [3.8, 4) is 11.5 Å². The van der Waals surface area contributed by atoms with E-state index in [9.17, 15) is 4.79 Å². The second kappa shape index (κ2) is 8.25. The van der Waals surface area contributed by atoms with Gasteiger partial charge in [-0.05, 0) is 49.9 Å². The third-order valence-corrected chi connectivity index (χ3v) is 4.25. The van der Waals surface area contributed by atoms with Crippen LogP contribution in [-0.4, -0.2) is 32.7 Å². The van der Waals surface area contributed by atoms with Gasteiger partial charge in [0.15, 0.2) is 11.5 Å². The maximum Gasteiger partial charge on any atom is 0.251 e. The van der Waals surface area contributed by atoms with E-state index in [1.165, 1.54) is 0 Å². The Morgan fingerprint density at radius 3 is 2.50 bits per heavy atom. The zero-order chi connectivity index (χ0) is 15.4. The van der Waals surface area contributed by atoms with Gasteiger partial charge in [-0.3, -0.25) is 4.79 Å². The van der Waals surface area contributed by atoms with Crippen molar-refractivity contribution in [2.24, 2.45) is 11.7 Å². The lowest BCUT2D eigenvalue weighted by Gasteiger charge is -2.20. The van der Waals surface area contributed by atoms with E-state index in [2.05, 4.69) is 5.32 Å². The number of ether oxygens (including phenoxy) is 2. The Labute approximate surface area is 138 Å². The molecule has 1 aromatic rings. The highest BCUT2D eigenvalue weighted by atomic mass is 35.5. The molecule has 2 rings (SSSR count). The third kappa shape index (κ3) is 3.84. The van der Waals surface area contributed by atoms with Crippen molar-refractivity contribution < 1.29 is 14.3 Å². The SMILES string of the molecule is COc1cc(C)c(C(=O)NC2CCCC2CN)cc1OC.Cl. The fourth-order valence-corrected chi connectivity index (χ4v) is 2.98. The molecule has 22 heavy (non-hydrogen) atoms. The number of amides is 1. The van der Waals surface area contributed by atoms with E-state index in [1.807, 2.05) is 13.0 Å². The molecule has 124 valence electrons. The minimum absolute atomic E-state index is 0. The van der Waals surface area contributed by atoms with Crippen LogP contribution < -0.4 is 20.5 Å². The molecule has 0 radical (unpaired) electrons. The van der Waals surface area contributed by atoms with Crippen LogP contribution in [0, 0.1) is 12.8 Å². The molecule has 2 unspecified atom stereocenters. The van der Waals surface area contributed by atoms with Crippen LogP contribution in [0.15, 0.2) is 12.1 Å². The molecule has 0 bridgehead atoms. The molecule has 0 aliphatic heterocycles. The van der Waals surface area contributed by atoms with E-state index in [0.717, 1.165) is 24.8 Å². The summed E-state index contributed by atoms with van der Waals surface area (Å²) in [5.74, 6) is 1.51. The van der Waals surface area contributed by atoms with Crippen LogP contribution in [0.2, 0.25) is 0 Å². The predicted octanol–water partition coefficient (Wildman–Crippen LogP) is 2.29. The standard InChI is InChI=1S/C16H24N2O3.ClH/c1-10-7-14(20-2)15(21-3)8-12(10)16(19)18-13-6-4-5-11(13)9-17;/h7-8,11,13H,4-6,9,17H2,1-3H3,(H,18,19);1H. The molecule has 0 heterocycles. The number of hydrogen-bond donors (Lipinski definition) is 2. The number of hydrogen-bond acceptors (Lipinski definition) is 4. The van der Waals surface area contributed by atoms with Gasteiger partial charge in [-0.25, -0.2) is 0 Å². The average molecular weight is 329 g/mol. The number of benzene rings is 1. The summed E-state index contributed by atoms with van der Waals surface area (Å²) < 4.78 is 10.5. The van der Waals surface area contributed by atoms with Crippen molar-refractivity contribution in [3.05, 3.63) is 23.3 Å². The molecular formula is C16H25ClN2O3. The summed E-state index contributed by atoms with van der Waals surface area (Å²) in [4.78, 5) is 12.5. The van der Waals surface area contributed by atoms with Crippen molar-refractivity contribution in [2.45, 2.75) is 32.2 Å². The topological polar surface area (TPSA) is 73.6 Å². The van der Waals surface area contributed by atoms with Crippen LogP contribution in [0.4, 0.5) is 0 Å². The molecule has 6 heteroatoms. The van der Waals surface area contributed by atoms with Crippen LogP contribution in [0.25, 0.3) is 0 Å². The number of nitrogens with two attached hydrogens (primary N) is 1. The molecular weight excluding hydrogens is 304 g/mol. The molecule has 1 saturated carbocycles. The van der Waals surface area contributed by atoms with E-state index >= 15 is 0 Å². The van der Waals surface area contributed by atoms with Gasteiger partial charge in [0, 0.05) is 11.6 Å². The quantitative estimate of drug-likeness (QED) is 0.869. The first kappa shape index (κ1) is 18.6. The van der Waals surface area contributed by atoms with Gasteiger partial charge in [0.1, 0.15) is 0 Å². The lowest BCUT2D eigenvalue weighted by atomic mass is 10.0. The first-order valence-corrected chi connectivity index (χ1v) is 7.34. The Morgan fingerprint density at radius 1 is 1.27 bits per heavy atom. The van der Waals surface area contributed by atoms with Crippen molar-refractivity contribution in [3.63, 3.8) is 0 Å².